The molecule has 0 saturated heterocycles. The Hall–Kier alpha value is -3.50. The molecule has 0 saturated carbocycles. The summed E-state index contributed by atoms with van der Waals surface area (Å²) in [5.74, 6) is -0.190. The van der Waals surface area contributed by atoms with Gasteiger partial charge in [0.25, 0.3) is 11.1 Å². The summed E-state index contributed by atoms with van der Waals surface area (Å²) in [6.45, 7) is 7.30. The monoisotopic (exact) mass is 495 g/mol. The third-order valence-corrected chi connectivity index (χ3v) is 7.32. The van der Waals surface area contributed by atoms with Crippen molar-refractivity contribution in [3.63, 3.8) is 0 Å². The van der Waals surface area contributed by atoms with E-state index in [0.29, 0.717) is 33.7 Å². The van der Waals surface area contributed by atoms with Gasteiger partial charge in [-0.05, 0) is 62.9 Å². The Balaban J connectivity index is 1.78. The van der Waals surface area contributed by atoms with Gasteiger partial charge in [-0.1, -0.05) is 6.07 Å². The molecule has 0 amide bonds. The van der Waals surface area contributed by atoms with Crippen LogP contribution in [0.15, 0.2) is 58.4 Å². The molecule has 4 aromatic rings. The van der Waals surface area contributed by atoms with Crippen molar-refractivity contribution in [3.8, 4) is 22.8 Å². The Kier molecular flexibility index (Phi) is 6.52. The molecule has 10 heteroatoms. The van der Waals surface area contributed by atoms with Crippen molar-refractivity contribution < 1.29 is 8.60 Å². The Morgan fingerprint density at radius 1 is 1.09 bits per heavy atom. The predicted octanol–water partition coefficient (Wildman–Crippen LogP) is 3.60. The molecular formula is C25H26FN5O3S. The van der Waals surface area contributed by atoms with Crippen LogP contribution in [0.2, 0.25) is 0 Å². The van der Waals surface area contributed by atoms with E-state index < -0.39 is 33.2 Å². The second-order valence-corrected chi connectivity index (χ2v) is 11.3. The quantitative estimate of drug-likeness (QED) is 0.440. The van der Waals surface area contributed by atoms with Crippen molar-refractivity contribution in [2.45, 2.75) is 38.5 Å². The van der Waals surface area contributed by atoms with Crippen LogP contribution in [-0.4, -0.2) is 28.5 Å². The Labute approximate surface area is 203 Å². The molecule has 0 aliphatic carbocycles. The standard InChI is InChI=1S/C25H26FN5O3S/c1-14(30-35(34)25(2,3)4)17-9-16(26)10-19-18(17)11-20(29-24(19)33)15-12-27-23(28-13-15)21-7-6-8-22(32)31(21)5/h6-14,30H,1-5H3,(H,29,33)/t14-,35-/m1/s1. The molecule has 35 heavy (non-hydrogen) atoms. The van der Waals surface area contributed by atoms with E-state index in [9.17, 15) is 18.2 Å². The second kappa shape index (κ2) is 9.27. The van der Waals surface area contributed by atoms with Gasteiger partial charge in [-0.3, -0.25) is 9.59 Å². The Morgan fingerprint density at radius 2 is 1.77 bits per heavy atom. The van der Waals surface area contributed by atoms with Crippen LogP contribution in [0.4, 0.5) is 4.39 Å². The maximum atomic E-state index is 14.4. The number of nitrogens with one attached hydrogen (secondary N) is 2. The van der Waals surface area contributed by atoms with E-state index in [1.165, 1.54) is 22.8 Å². The molecule has 0 fully saturated rings. The molecule has 3 heterocycles. The van der Waals surface area contributed by atoms with Gasteiger partial charge in [0.2, 0.25) is 0 Å². The minimum absolute atomic E-state index is 0.177. The molecule has 0 unspecified atom stereocenters. The summed E-state index contributed by atoms with van der Waals surface area (Å²) in [7, 11) is 0.246. The van der Waals surface area contributed by atoms with E-state index in [0.717, 1.165) is 0 Å². The van der Waals surface area contributed by atoms with Crippen molar-refractivity contribution in [2.24, 2.45) is 7.05 Å². The lowest BCUT2D eigenvalue weighted by molar-refractivity contribution is 0.608. The highest BCUT2D eigenvalue weighted by Gasteiger charge is 2.23. The van der Waals surface area contributed by atoms with Gasteiger partial charge in [0.05, 0.1) is 32.5 Å². The lowest BCUT2D eigenvalue weighted by Gasteiger charge is -2.23. The summed E-state index contributed by atoms with van der Waals surface area (Å²) in [5.41, 5.74) is 1.43. The zero-order valence-electron chi connectivity index (χ0n) is 20.0. The Bertz CT molecular complexity index is 1560. The fourth-order valence-corrected chi connectivity index (χ4v) is 4.46. The van der Waals surface area contributed by atoms with E-state index in [-0.39, 0.29) is 10.9 Å². The van der Waals surface area contributed by atoms with Crippen LogP contribution in [0.5, 0.6) is 0 Å². The number of halogens is 1. The average Bonchev–Trinajstić information content (AvgIpc) is 2.80. The molecule has 3 aromatic heterocycles. The van der Waals surface area contributed by atoms with Crippen molar-refractivity contribution >= 4 is 21.8 Å². The maximum absolute atomic E-state index is 14.4. The second-order valence-electron chi connectivity index (χ2n) is 9.29. The number of aromatic amines is 1. The van der Waals surface area contributed by atoms with E-state index in [1.807, 2.05) is 20.8 Å². The van der Waals surface area contributed by atoms with Crippen molar-refractivity contribution in [2.75, 3.05) is 0 Å². The number of pyridine rings is 2. The summed E-state index contributed by atoms with van der Waals surface area (Å²) in [5, 5.41) is 0.723. The molecule has 0 aliphatic heterocycles. The number of nitrogens with zero attached hydrogens (tertiary/aromatic N) is 3. The number of H-pyrrole nitrogens is 1. The van der Waals surface area contributed by atoms with Gasteiger partial charge < -0.3 is 9.55 Å². The zero-order valence-corrected chi connectivity index (χ0v) is 20.9. The number of hydrogen-bond acceptors (Lipinski definition) is 5. The van der Waals surface area contributed by atoms with Crippen molar-refractivity contribution in [3.05, 3.63) is 80.9 Å². The van der Waals surface area contributed by atoms with Crippen LogP contribution in [-0.2, 0) is 18.0 Å². The molecule has 2 N–H and O–H groups in total. The molecule has 0 aliphatic rings. The first-order chi connectivity index (χ1) is 16.5. The lowest BCUT2D eigenvalue weighted by Crippen LogP contribution is -2.35. The van der Waals surface area contributed by atoms with E-state index in [2.05, 4.69) is 19.7 Å². The average molecular weight is 496 g/mol. The van der Waals surface area contributed by atoms with Crippen LogP contribution in [0.25, 0.3) is 33.5 Å². The third-order valence-electron chi connectivity index (χ3n) is 5.64. The topological polar surface area (TPSA) is 110 Å². The lowest BCUT2D eigenvalue weighted by atomic mass is 9.99. The fourth-order valence-electron chi connectivity index (χ4n) is 3.66. The molecule has 1 aromatic carbocycles. The predicted molar refractivity (Wildman–Crippen MR) is 136 cm³/mol. The van der Waals surface area contributed by atoms with Gasteiger partial charge in [0, 0.05) is 37.1 Å². The number of benzene rings is 1. The molecule has 2 atom stereocenters. The fraction of sp³-hybridized carbons (Fsp3) is 0.280. The summed E-state index contributed by atoms with van der Waals surface area (Å²) in [6, 6.07) is 8.61. The molecule has 4 rings (SSSR count). The van der Waals surface area contributed by atoms with E-state index in [4.69, 9.17) is 0 Å². The third kappa shape index (κ3) is 4.98. The normalized spacial score (nSPS) is 13.7. The van der Waals surface area contributed by atoms with Crippen molar-refractivity contribution in [1.82, 2.24) is 24.2 Å². The van der Waals surface area contributed by atoms with Gasteiger partial charge >= 0.3 is 0 Å². The summed E-state index contributed by atoms with van der Waals surface area (Å²) in [4.78, 5) is 36.3. The van der Waals surface area contributed by atoms with Gasteiger partial charge in [0.1, 0.15) is 5.82 Å². The van der Waals surface area contributed by atoms with Crippen molar-refractivity contribution in [1.29, 1.82) is 0 Å². The highest BCUT2D eigenvalue weighted by atomic mass is 32.2. The summed E-state index contributed by atoms with van der Waals surface area (Å²) >= 11 is 0. The molecule has 182 valence electrons. The number of hydrogen-bond donors (Lipinski definition) is 2. The van der Waals surface area contributed by atoms with Crippen LogP contribution in [0, 0.1) is 5.82 Å². The largest absolute Gasteiger partial charge is 0.321 e. The minimum atomic E-state index is -1.39. The SMILES string of the molecule is C[C@@H](N[S@](=O)C(C)(C)C)c1cc(F)cc2c(=O)[nH]c(-c3cnc(-c4cccc(=O)n4C)nc3)cc12. The van der Waals surface area contributed by atoms with Gasteiger partial charge in [-0.2, -0.15) is 0 Å². The summed E-state index contributed by atoms with van der Waals surface area (Å²) < 4.78 is 31.0. The van der Waals surface area contributed by atoms with Gasteiger partial charge in [-0.15, -0.1) is 0 Å². The molecule has 0 radical (unpaired) electrons. The van der Waals surface area contributed by atoms with Gasteiger partial charge in [0.15, 0.2) is 5.82 Å². The first kappa shape index (κ1) is 24.6. The van der Waals surface area contributed by atoms with Crippen LogP contribution in [0.3, 0.4) is 0 Å². The minimum Gasteiger partial charge on any atom is -0.321 e. The first-order valence-electron chi connectivity index (χ1n) is 11.0. The van der Waals surface area contributed by atoms with E-state index >= 15 is 0 Å². The molecule has 0 bridgehead atoms. The van der Waals surface area contributed by atoms with Crippen LogP contribution < -0.4 is 15.8 Å². The molecule has 8 nitrogen and oxygen atoms in total. The van der Waals surface area contributed by atoms with Crippen LogP contribution >= 0.6 is 0 Å². The molecular weight excluding hydrogens is 469 g/mol. The summed E-state index contributed by atoms with van der Waals surface area (Å²) in [6.07, 6.45) is 3.10. The maximum Gasteiger partial charge on any atom is 0.256 e. The zero-order chi connectivity index (χ0) is 25.5. The number of aromatic nitrogens is 4. The highest BCUT2D eigenvalue weighted by Crippen LogP contribution is 2.28. The highest BCUT2D eigenvalue weighted by molar-refractivity contribution is 7.84. The van der Waals surface area contributed by atoms with Gasteiger partial charge in [-0.25, -0.2) is 23.3 Å². The smallest absolute Gasteiger partial charge is 0.256 e. The molecule has 0 spiro atoms. The Morgan fingerprint density at radius 3 is 2.43 bits per heavy atom. The van der Waals surface area contributed by atoms with Crippen LogP contribution in [0.1, 0.15) is 39.3 Å². The first-order valence-corrected chi connectivity index (χ1v) is 12.1. The van der Waals surface area contributed by atoms with E-state index in [1.54, 1.807) is 44.6 Å². The number of fused-ring (bicyclic) bond motifs is 1. The number of rotatable bonds is 5.